The van der Waals surface area contributed by atoms with Gasteiger partial charge in [0.25, 0.3) is 12.3 Å². The molecule has 0 bridgehead atoms. The van der Waals surface area contributed by atoms with Crippen LogP contribution in [0.5, 0.6) is 0 Å². The van der Waals surface area contributed by atoms with E-state index in [1.807, 2.05) is 0 Å². The molecule has 0 radical (unpaired) electrons. The number of nitrogens with zero attached hydrogens (tertiary/aromatic N) is 6. The summed E-state index contributed by atoms with van der Waals surface area (Å²) in [6.45, 7) is 0.662. The maximum atomic E-state index is 15.6. The number of amides is 1. The quantitative estimate of drug-likeness (QED) is 0.134. The Labute approximate surface area is 307 Å². The van der Waals surface area contributed by atoms with Gasteiger partial charge in [0.15, 0.2) is 11.5 Å². The lowest BCUT2D eigenvalue weighted by atomic mass is 9.94. The molecule has 20 heteroatoms. The van der Waals surface area contributed by atoms with Crippen molar-refractivity contribution in [1.29, 1.82) is 0 Å². The van der Waals surface area contributed by atoms with Gasteiger partial charge in [0.2, 0.25) is 15.9 Å². The molecule has 12 nitrogen and oxygen atoms in total. The molecule has 1 saturated carbocycles. The van der Waals surface area contributed by atoms with Crippen LogP contribution in [0.3, 0.4) is 0 Å². The fourth-order valence-corrected chi connectivity index (χ4v) is 8.57. The van der Waals surface area contributed by atoms with Crippen LogP contribution in [0.25, 0.3) is 33.2 Å². The first-order chi connectivity index (χ1) is 25.4. The van der Waals surface area contributed by atoms with Crippen molar-refractivity contribution < 1.29 is 39.6 Å². The SMILES string of the molecule is C[C@@H]1[C@@H]2c3c(C(F)F)nn(CC(=O)N[C@H](Cc4cc(F)cc(F)c4)c4nc5nc[nH]c5cc4-c4ccc(Cl)c5c(NS(C)(=O)=O)nn(C)c45)c3C(F)(F)[C@H]12. The van der Waals surface area contributed by atoms with E-state index in [2.05, 4.69) is 30.2 Å². The van der Waals surface area contributed by atoms with Crippen molar-refractivity contribution in [3.63, 3.8) is 0 Å². The second kappa shape index (κ2) is 12.4. The van der Waals surface area contributed by atoms with Gasteiger partial charge in [-0.2, -0.15) is 19.0 Å². The number of nitrogens with one attached hydrogen (secondary N) is 3. The van der Waals surface area contributed by atoms with Crippen molar-refractivity contribution in [2.24, 2.45) is 18.9 Å². The number of carbonyl (C=O) groups excluding carboxylic acids is 1. The molecule has 2 aromatic carbocycles. The second-order valence-corrected chi connectivity index (χ2v) is 15.8. The molecule has 2 aliphatic carbocycles. The fraction of sp³-hybridized carbons (Fsp3) is 0.324. The minimum atomic E-state index is -3.81. The van der Waals surface area contributed by atoms with Gasteiger partial charge in [-0.25, -0.2) is 35.9 Å². The molecular formula is C34H28ClF6N9O3S. The zero-order chi connectivity index (χ0) is 38.6. The Morgan fingerprint density at radius 3 is 2.48 bits per heavy atom. The molecule has 4 heterocycles. The number of aryl methyl sites for hydroxylation is 1. The maximum Gasteiger partial charge on any atom is 0.293 e. The first-order valence-corrected chi connectivity index (χ1v) is 18.7. The molecule has 0 saturated heterocycles. The van der Waals surface area contributed by atoms with Crippen LogP contribution in [0.2, 0.25) is 5.02 Å². The number of anilines is 1. The Bertz CT molecular complexity index is 2620. The molecule has 3 N–H and O–H groups in total. The highest BCUT2D eigenvalue weighted by molar-refractivity contribution is 7.92. The molecule has 54 heavy (non-hydrogen) atoms. The monoisotopic (exact) mass is 791 g/mol. The van der Waals surface area contributed by atoms with Gasteiger partial charge in [0.05, 0.1) is 45.8 Å². The van der Waals surface area contributed by atoms with Crippen LogP contribution in [-0.2, 0) is 40.8 Å². The van der Waals surface area contributed by atoms with Crippen molar-refractivity contribution in [1.82, 2.24) is 39.8 Å². The van der Waals surface area contributed by atoms with Crippen LogP contribution < -0.4 is 10.0 Å². The van der Waals surface area contributed by atoms with Crippen molar-refractivity contribution in [2.75, 3.05) is 11.0 Å². The molecule has 4 aromatic heterocycles. The van der Waals surface area contributed by atoms with E-state index in [4.69, 9.17) is 16.6 Å². The van der Waals surface area contributed by atoms with Gasteiger partial charge < -0.3 is 10.3 Å². The number of halogens is 7. The second-order valence-electron chi connectivity index (χ2n) is 13.6. The van der Waals surface area contributed by atoms with Crippen LogP contribution in [0.1, 0.15) is 53.5 Å². The first kappa shape index (κ1) is 35.8. The number of imidazole rings is 1. The molecule has 0 unspecified atom stereocenters. The zero-order valence-electron chi connectivity index (χ0n) is 28.3. The van der Waals surface area contributed by atoms with Crippen LogP contribution in [0, 0.1) is 23.5 Å². The number of benzene rings is 2. The summed E-state index contributed by atoms with van der Waals surface area (Å²) in [5.74, 6) is -8.87. The summed E-state index contributed by atoms with van der Waals surface area (Å²) < 4.78 is 117. The highest BCUT2D eigenvalue weighted by atomic mass is 35.5. The van der Waals surface area contributed by atoms with Crippen molar-refractivity contribution in [2.45, 2.75) is 44.2 Å². The number of hydrogen-bond donors (Lipinski definition) is 3. The summed E-state index contributed by atoms with van der Waals surface area (Å²) in [6.07, 6.45) is -1.15. The molecule has 1 fully saturated rings. The van der Waals surface area contributed by atoms with Crippen LogP contribution in [-0.4, -0.2) is 55.1 Å². The molecule has 4 atom stereocenters. The highest BCUT2D eigenvalue weighted by Crippen LogP contribution is 2.71. The first-order valence-electron chi connectivity index (χ1n) is 16.4. The Kier molecular flexibility index (Phi) is 8.26. The number of hydrogen-bond acceptors (Lipinski definition) is 7. The number of aromatic amines is 1. The topological polar surface area (TPSA) is 152 Å². The standard InChI is InChI=1S/C34H28ClF6N9O3S/c1-13-23-25-28(31(38)39)46-50(30(25)34(40,41)26(13)23)11-22(51)44-20(8-14-6-15(36)9-16(37)7-14)27-18(10-21-32(45-27)43-12-42-21)17-4-5-19(35)24-29(17)49(2)47-33(24)48-54(3,52)53/h4-7,9-10,12-13,20,23,26,31H,8,11H2,1-3H3,(H,44,51)(H,47,48)(H,42,43,45)/t13-,20-,23-,26-/m1/s1. The molecule has 6 aromatic rings. The predicted octanol–water partition coefficient (Wildman–Crippen LogP) is 6.50. The molecule has 2 aliphatic rings. The molecule has 0 aliphatic heterocycles. The van der Waals surface area contributed by atoms with Crippen LogP contribution in [0.4, 0.5) is 32.2 Å². The number of fused-ring (bicyclic) bond motifs is 5. The van der Waals surface area contributed by atoms with Crippen molar-refractivity contribution in [3.05, 3.63) is 87.6 Å². The van der Waals surface area contributed by atoms with E-state index in [-0.39, 0.29) is 45.1 Å². The zero-order valence-corrected chi connectivity index (χ0v) is 29.9. The highest BCUT2D eigenvalue weighted by Gasteiger charge is 2.71. The van der Waals surface area contributed by atoms with Gasteiger partial charge in [-0.15, -0.1) is 0 Å². The lowest BCUT2D eigenvalue weighted by molar-refractivity contribution is -0.123. The summed E-state index contributed by atoms with van der Waals surface area (Å²) in [5.41, 5.74) is 0.0150. The average molecular weight is 792 g/mol. The van der Waals surface area contributed by atoms with Gasteiger partial charge in [-0.05, 0) is 42.2 Å². The molecular weight excluding hydrogens is 764 g/mol. The van der Waals surface area contributed by atoms with Gasteiger partial charge in [-0.1, -0.05) is 24.6 Å². The van der Waals surface area contributed by atoms with E-state index >= 15 is 8.78 Å². The Balaban J connectivity index is 1.26. The number of pyridine rings is 1. The third kappa shape index (κ3) is 5.93. The minimum absolute atomic E-state index is 0.0715. The summed E-state index contributed by atoms with van der Waals surface area (Å²) in [6, 6.07) is 6.23. The summed E-state index contributed by atoms with van der Waals surface area (Å²) >= 11 is 6.57. The summed E-state index contributed by atoms with van der Waals surface area (Å²) in [5, 5.41) is 11.2. The largest absolute Gasteiger partial charge is 0.346 e. The lowest BCUT2D eigenvalue weighted by Crippen LogP contribution is -2.35. The third-order valence-corrected chi connectivity index (χ3v) is 10.8. The number of sulfonamides is 1. The van der Waals surface area contributed by atoms with Crippen LogP contribution >= 0.6 is 11.6 Å². The number of H-pyrrole nitrogens is 1. The molecule has 0 spiro atoms. The van der Waals surface area contributed by atoms with Gasteiger partial charge in [0, 0.05) is 41.6 Å². The number of carbonyl (C=O) groups is 1. The van der Waals surface area contributed by atoms with E-state index < -0.39 is 81.6 Å². The summed E-state index contributed by atoms with van der Waals surface area (Å²) in [7, 11) is -2.26. The Morgan fingerprint density at radius 2 is 1.80 bits per heavy atom. The Morgan fingerprint density at radius 1 is 1.07 bits per heavy atom. The number of aromatic nitrogens is 7. The van der Waals surface area contributed by atoms with E-state index in [9.17, 15) is 30.8 Å². The van der Waals surface area contributed by atoms with E-state index in [1.54, 1.807) is 26.1 Å². The van der Waals surface area contributed by atoms with Gasteiger partial charge in [0.1, 0.15) is 29.6 Å². The number of alkyl halides is 4. The normalized spacial score (nSPS) is 19.4. The summed E-state index contributed by atoms with van der Waals surface area (Å²) in [4.78, 5) is 25.8. The third-order valence-electron chi connectivity index (χ3n) is 9.94. The van der Waals surface area contributed by atoms with E-state index in [0.717, 1.165) is 18.4 Å². The van der Waals surface area contributed by atoms with E-state index in [0.29, 0.717) is 32.9 Å². The number of rotatable bonds is 10. The van der Waals surface area contributed by atoms with E-state index in [1.165, 1.54) is 17.1 Å². The predicted molar refractivity (Wildman–Crippen MR) is 184 cm³/mol. The fourth-order valence-electron chi connectivity index (χ4n) is 7.83. The van der Waals surface area contributed by atoms with Crippen molar-refractivity contribution in [3.8, 4) is 11.1 Å². The van der Waals surface area contributed by atoms with Gasteiger partial charge in [-0.3, -0.25) is 18.9 Å². The minimum Gasteiger partial charge on any atom is -0.346 e. The van der Waals surface area contributed by atoms with Crippen molar-refractivity contribution >= 4 is 55.4 Å². The Hall–Kier alpha value is -5.17. The molecule has 1 amide bonds. The lowest BCUT2D eigenvalue weighted by Gasteiger charge is -2.23. The maximum absolute atomic E-state index is 15.6. The molecule has 282 valence electrons. The smallest absolute Gasteiger partial charge is 0.293 e. The average Bonchev–Trinajstić information content (AvgIpc) is 3.43. The van der Waals surface area contributed by atoms with Gasteiger partial charge >= 0.3 is 0 Å². The van der Waals surface area contributed by atoms with Crippen LogP contribution in [0.15, 0.2) is 42.7 Å². The molecule has 8 rings (SSSR count).